The number of carbonyl (C=O) groups is 2. The Kier molecular flexibility index (Phi) is 24.9. The molecule has 0 aliphatic carbocycles. The van der Waals surface area contributed by atoms with Gasteiger partial charge in [0.1, 0.15) is 67.1 Å². The van der Waals surface area contributed by atoms with Crippen molar-refractivity contribution in [2.75, 3.05) is 26.4 Å². The number of nitrogens with zero attached hydrogens (tertiary/aromatic N) is 3. The summed E-state index contributed by atoms with van der Waals surface area (Å²) in [6.07, 6.45) is -12.7. The predicted molar refractivity (Wildman–Crippen MR) is 223 cm³/mol. The first-order valence-electron chi connectivity index (χ1n) is 22.4. The minimum atomic E-state index is -3.07. The van der Waals surface area contributed by atoms with Crippen LogP contribution in [0, 0.1) is 0 Å². The number of hydrogen-bond donors (Lipinski definition) is 13. The van der Waals surface area contributed by atoms with Crippen LogP contribution in [0.5, 0.6) is 0 Å². The molecule has 0 spiro atoms. The molecule has 65 heavy (non-hydrogen) atoms. The van der Waals surface area contributed by atoms with Crippen LogP contribution < -0.4 is 5.32 Å². The number of hydrogen-bond acceptors (Lipinski definition) is 20. The zero-order valence-corrected chi connectivity index (χ0v) is 37.0. The molecule has 0 aromatic heterocycles. The van der Waals surface area contributed by atoms with Crippen molar-refractivity contribution in [1.29, 1.82) is 0 Å². The molecular formula is C41H72N4O20. The number of aliphatic carboxylic acids is 1. The molecule has 0 bridgehead atoms. The first-order chi connectivity index (χ1) is 31.0. The summed E-state index contributed by atoms with van der Waals surface area (Å²) in [6, 6.07) is -2.78. The predicted octanol–water partition coefficient (Wildman–Crippen LogP) is -1.90. The van der Waals surface area contributed by atoms with Gasteiger partial charge in [-0.25, -0.2) is 4.79 Å². The fourth-order valence-electron chi connectivity index (χ4n) is 8.04. The number of unbranched alkanes of at least 4 members (excludes halogenated alkanes) is 11. The van der Waals surface area contributed by atoms with Gasteiger partial charge in [-0.2, -0.15) is 0 Å². The second kappa shape index (κ2) is 28.6. The van der Waals surface area contributed by atoms with Crippen molar-refractivity contribution in [3.05, 3.63) is 22.6 Å². The van der Waals surface area contributed by atoms with Crippen LogP contribution in [0.1, 0.15) is 97.3 Å². The Bertz CT molecular complexity index is 1480. The van der Waals surface area contributed by atoms with Crippen molar-refractivity contribution in [1.82, 2.24) is 5.32 Å². The fourth-order valence-corrected chi connectivity index (χ4v) is 8.04. The number of ether oxygens (including phenoxy) is 6. The van der Waals surface area contributed by atoms with Crippen LogP contribution in [0.4, 0.5) is 0 Å². The summed E-state index contributed by atoms with van der Waals surface area (Å²) in [7, 11) is 0. The average molecular weight is 941 g/mol. The molecule has 3 aliphatic heterocycles. The van der Waals surface area contributed by atoms with Crippen LogP contribution in [0.15, 0.2) is 17.3 Å². The Hall–Kier alpha value is -2.69. The lowest BCUT2D eigenvalue weighted by Crippen LogP contribution is -2.70. The fraction of sp³-hybridized carbons (Fsp3) is 0.902. The van der Waals surface area contributed by atoms with Crippen molar-refractivity contribution < 1.29 is 99.3 Å². The van der Waals surface area contributed by atoms with Crippen LogP contribution in [-0.2, 0) is 38.0 Å². The number of aliphatic hydroxyl groups is 11. The molecule has 3 heterocycles. The number of allylic oxidation sites excluding steroid dienone is 1. The molecule has 0 saturated carbocycles. The van der Waals surface area contributed by atoms with Gasteiger partial charge < -0.3 is 95.0 Å². The smallest absolute Gasteiger partial charge is 0.364 e. The van der Waals surface area contributed by atoms with Gasteiger partial charge >= 0.3 is 5.97 Å². The van der Waals surface area contributed by atoms with Gasteiger partial charge in [0.05, 0.1) is 50.7 Å². The SMILES string of the molecule is CCCCCCCCCCCCC/C=C/[C@@H](O)[C@H](CO[C@@H]1O[C@H](CO)[C@@H](O[C@@H]2O[C@H](CO)[C@H](O)[C@H](O[C@]3(C(=O)O)C[C@H](O)[C@@H](NC(C)=O)[C@H]([C@H](O)[C@H](O)CO)O3)[C@H]2O)[C@H](O)[C@H]1O)N=[N+]=[N-]. The summed E-state index contributed by atoms with van der Waals surface area (Å²) in [5.41, 5.74) is 9.15. The van der Waals surface area contributed by atoms with Crippen molar-refractivity contribution in [2.45, 2.75) is 207 Å². The van der Waals surface area contributed by atoms with Gasteiger partial charge in [-0.05, 0) is 18.4 Å². The van der Waals surface area contributed by atoms with Gasteiger partial charge in [0.25, 0.3) is 5.79 Å². The largest absolute Gasteiger partial charge is 0.477 e. The number of amides is 1. The number of carboxylic acids is 1. The van der Waals surface area contributed by atoms with E-state index in [0.717, 1.165) is 26.2 Å². The zero-order valence-electron chi connectivity index (χ0n) is 37.0. The molecule has 24 heteroatoms. The zero-order chi connectivity index (χ0) is 48.3. The van der Waals surface area contributed by atoms with E-state index in [4.69, 9.17) is 34.0 Å². The number of aliphatic hydroxyl groups excluding tert-OH is 11. The maximum absolute atomic E-state index is 12.8. The summed E-state index contributed by atoms with van der Waals surface area (Å²) >= 11 is 0. The molecule has 3 fully saturated rings. The topological polar surface area (TPSA) is 393 Å². The molecule has 0 aromatic rings. The van der Waals surface area contributed by atoms with Gasteiger partial charge in [0.15, 0.2) is 12.6 Å². The number of azide groups is 1. The van der Waals surface area contributed by atoms with Gasteiger partial charge in [0, 0.05) is 18.3 Å². The maximum atomic E-state index is 12.8. The van der Waals surface area contributed by atoms with E-state index in [1.54, 1.807) is 6.08 Å². The summed E-state index contributed by atoms with van der Waals surface area (Å²) in [5.74, 6) is -5.83. The second-order valence-corrected chi connectivity index (χ2v) is 16.8. The molecule has 3 rings (SSSR count). The van der Waals surface area contributed by atoms with Crippen molar-refractivity contribution >= 4 is 11.9 Å². The minimum absolute atomic E-state index is 0.518. The average Bonchev–Trinajstić information content (AvgIpc) is 3.28. The number of rotatable bonds is 29. The molecule has 3 saturated heterocycles. The van der Waals surface area contributed by atoms with Gasteiger partial charge in [-0.3, -0.25) is 4.79 Å². The first kappa shape index (κ1) is 56.6. The van der Waals surface area contributed by atoms with Gasteiger partial charge in [-0.15, -0.1) is 0 Å². The van der Waals surface area contributed by atoms with E-state index in [9.17, 15) is 70.9 Å². The molecule has 3 aliphatic rings. The van der Waals surface area contributed by atoms with Crippen LogP contribution in [0.2, 0.25) is 0 Å². The highest BCUT2D eigenvalue weighted by molar-refractivity contribution is 5.76. The number of carboxylic acid groups (broad SMARTS) is 1. The van der Waals surface area contributed by atoms with Crippen LogP contribution in [0.3, 0.4) is 0 Å². The monoisotopic (exact) mass is 940 g/mol. The van der Waals surface area contributed by atoms with Crippen LogP contribution >= 0.6 is 0 Å². The standard InChI is InChI=1S/C41H72N4O20/c1-3-4-5-6-7-8-9-10-11-12-13-14-15-16-24(50)23(44-45-42)21-60-38-33(56)32(55)35(28(20-48)62-38)63-39-34(57)37(31(54)27(19-47)61-39)65-41(40(58)59)17-25(51)29(43-22(2)49)36(64-41)30(53)26(52)18-46/h15-16,23-39,46-48,50-57H,3-14,17-21H2,1-2H3,(H,43,49)(H,58,59)/b16-15+/t23-,24+,25-,26+,27+,28+,29+,30+,31-,32+,33+,34+,35+,36+,37-,38+,39-,41-/m0/s1. The highest BCUT2D eigenvalue weighted by atomic mass is 16.8. The molecule has 1 amide bonds. The number of nitrogens with one attached hydrogen (secondary N) is 1. The molecule has 376 valence electrons. The lowest BCUT2D eigenvalue weighted by molar-refractivity contribution is -0.386. The van der Waals surface area contributed by atoms with E-state index in [-0.39, 0.29) is 0 Å². The van der Waals surface area contributed by atoms with E-state index in [1.807, 2.05) is 0 Å². The van der Waals surface area contributed by atoms with Crippen molar-refractivity contribution in [3.8, 4) is 0 Å². The third-order valence-corrected chi connectivity index (χ3v) is 11.8. The van der Waals surface area contributed by atoms with Crippen LogP contribution in [0.25, 0.3) is 10.4 Å². The Balaban J connectivity index is 1.66. The van der Waals surface area contributed by atoms with E-state index in [2.05, 4.69) is 22.3 Å². The third kappa shape index (κ3) is 16.2. The normalized spacial score (nSPS) is 34.9. The first-order valence-corrected chi connectivity index (χ1v) is 22.4. The molecule has 0 unspecified atom stereocenters. The van der Waals surface area contributed by atoms with Gasteiger partial charge in [0.2, 0.25) is 5.91 Å². The molecule has 0 aromatic carbocycles. The van der Waals surface area contributed by atoms with E-state index < -0.39 is 155 Å². The highest BCUT2D eigenvalue weighted by Crippen LogP contribution is 2.38. The van der Waals surface area contributed by atoms with Crippen molar-refractivity contribution in [3.63, 3.8) is 0 Å². The van der Waals surface area contributed by atoms with E-state index >= 15 is 0 Å². The Labute approximate surface area is 377 Å². The molecule has 24 nitrogen and oxygen atoms in total. The van der Waals surface area contributed by atoms with Gasteiger partial charge in [-0.1, -0.05) is 88.4 Å². The number of carbonyl (C=O) groups excluding carboxylic acids is 1. The van der Waals surface area contributed by atoms with Crippen molar-refractivity contribution in [2.24, 2.45) is 5.11 Å². The van der Waals surface area contributed by atoms with E-state index in [1.165, 1.54) is 57.4 Å². The highest BCUT2D eigenvalue weighted by Gasteiger charge is 2.60. The summed E-state index contributed by atoms with van der Waals surface area (Å²) in [4.78, 5) is 27.5. The Morgan fingerprint density at radius 2 is 1.45 bits per heavy atom. The minimum Gasteiger partial charge on any atom is -0.477 e. The summed E-state index contributed by atoms with van der Waals surface area (Å²) < 4.78 is 33.8. The quantitative estimate of drug-likeness (QED) is 0.0128. The van der Waals surface area contributed by atoms with E-state index in [0.29, 0.717) is 6.42 Å². The lowest BCUT2D eigenvalue weighted by atomic mass is 9.88. The van der Waals surface area contributed by atoms with Crippen LogP contribution in [-0.4, -0.2) is 209 Å². The summed E-state index contributed by atoms with van der Waals surface area (Å²) in [5, 5.41) is 133. The lowest BCUT2D eigenvalue weighted by Gasteiger charge is -2.50. The maximum Gasteiger partial charge on any atom is 0.364 e. The molecule has 13 N–H and O–H groups in total. The molecule has 0 radical (unpaired) electrons. The Morgan fingerprint density at radius 3 is 2.00 bits per heavy atom. The molecule has 18 atom stereocenters. The second-order valence-electron chi connectivity index (χ2n) is 16.8. The Morgan fingerprint density at radius 1 is 0.846 bits per heavy atom. The molecular weight excluding hydrogens is 868 g/mol. The summed E-state index contributed by atoms with van der Waals surface area (Å²) in [6.45, 7) is -0.276. The third-order valence-electron chi connectivity index (χ3n) is 11.8.